The molecule has 0 saturated carbocycles. The highest BCUT2D eigenvalue weighted by atomic mass is 16.7. The van der Waals surface area contributed by atoms with Crippen LogP contribution in [0.25, 0.3) is 17.2 Å². The van der Waals surface area contributed by atoms with E-state index in [1.54, 1.807) is 24.3 Å². The SMILES string of the molecule is CC1(C)OB(C(=Cc2cccc(N)c2C#N)CNC(=O)OCC2c3ccccc3-c3ccccc32)OC1(C)C. The van der Waals surface area contributed by atoms with E-state index in [0.29, 0.717) is 22.3 Å². The van der Waals surface area contributed by atoms with Gasteiger partial charge in [-0.3, -0.25) is 0 Å². The van der Waals surface area contributed by atoms with Gasteiger partial charge in [0.2, 0.25) is 0 Å². The first-order valence-electron chi connectivity index (χ1n) is 13.0. The van der Waals surface area contributed by atoms with Crippen LogP contribution in [-0.2, 0) is 14.0 Å². The van der Waals surface area contributed by atoms with Crippen molar-refractivity contribution in [3.05, 3.63) is 94.5 Å². The van der Waals surface area contributed by atoms with Crippen LogP contribution < -0.4 is 11.1 Å². The normalized spacial score (nSPS) is 17.3. The van der Waals surface area contributed by atoms with Gasteiger partial charge in [0.15, 0.2) is 0 Å². The van der Waals surface area contributed by atoms with Gasteiger partial charge >= 0.3 is 13.2 Å². The first-order chi connectivity index (χ1) is 18.6. The highest BCUT2D eigenvalue weighted by molar-refractivity contribution is 6.56. The lowest BCUT2D eigenvalue weighted by atomic mass is 9.76. The minimum Gasteiger partial charge on any atom is -0.449 e. The Bertz CT molecular complexity index is 1430. The predicted molar refractivity (Wildman–Crippen MR) is 153 cm³/mol. The number of ether oxygens (including phenoxy) is 1. The van der Waals surface area contributed by atoms with Crippen molar-refractivity contribution in [2.45, 2.75) is 44.8 Å². The number of carbonyl (C=O) groups excluding carboxylic acids is 1. The number of nitrogens with two attached hydrogens (primary N) is 1. The largest absolute Gasteiger partial charge is 0.492 e. The van der Waals surface area contributed by atoms with Crippen molar-refractivity contribution in [3.63, 3.8) is 0 Å². The van der Waals surface area contributed by atoms with Crippen molar-refractivity contribution in [2.75, 3.05) is 18.9 Å². The maximum atomic E-state index is 12.9. The Labute approximate surface area is 229 Å². The Balaban J connectivity index is 1.33. The van der Waals surface area contributed by atoms with E-state index in [-0.39, 0.29) is 19.1 Å². The van der Waals surface area contributed by atoms with E-state index < -0.39 is 24.4 Å². The van der Waals surface area contributed by atoms with Crippen LogP contribution in [0.2, 0.25) is 0 Å². The molecular formula is C31H32BN3O4. The molecule has 2 aliphatic rings. The summed E-state index contributed by atoms with van der Waals surface area (Å²) in [4.78, 5) is 12.9. The molecule has 3 aromatic carbocycles. The molecule has 0 atom stereocenters. The van der Waals surface area contributed by atoms with E-state index >= 15 is 0 Å². The number of nitrogen functional groups attached to an aromatic ring is 1. The molecule has 0 spiro atoms. The fourth-order valence-corrected chi connectivity index (χ4v) is 5.06. The number of carbonyl (C=O) groups is 1. The van der Waals surface area contributed by atoms with E-state index in [0.717, 1.165) is 11.1 Å². The van der Waals surface area contributed by atoms with Gasteiger partial charge in [0, 0.05) is 12.5 Å². The van der Waals surface area contributed by atoms with E-state index in [9.17, 15) is 10.1 Å². The van der Waals surface area contributed by atoms with E-state index in [2.05, 4.69) is 35.7 Å². The number of amides is 1. The van der Waals surface area contributed by atoms with Crippen molar-refractivity contribution in [3.8, 4) is 17.2 Å². The Morgan fingerprint density at radius 3 is 2.18 bits per heavy atom. The van der Waals surface area contributed by atoms with Crippen LogP contribution >= 0.6 is 0 Å². The number of fused-ring (bicyclic) bond motifs is 3. The van der Waals surface area contributed by atoms with Crippen molar-refractivity contribution < 1.29 is 18.8 Å². The van der Waals surface area contributed by atoms with Crippen molar-refractivity contribution >= 4 is 25.0 Å². The minimum absolute atomic E-state index is 0.0354. The number of anilines is 1. The number of hydrogen-bond acceptors (Lipinski definition) is 6. The zero-order valence-corrected chi connectivity index (χ0v) is 22.7. The van der Waals surface area contributed by atoms with Gasteiger partial charge in [0.05, 0.1) is 22.5 Å². The highest BCUT2D eigenvalue weighted by Gasteiger charge is 2.52. The summed E-state index contributed by atoms with van der Waals surface area (Å²) in [6.07, 6.45) is 1.24. The van der Waals surface area contributed by atoms with Gasteiger partial charge in [-0.2, -0.15) is 5.26 Å². The van der Waals surface area contributed by atoms with Crippen molar-refractivity contribution in [1.82, 2.24) is 5.32 Å². The minimum atomic E-state index is -0.725. The van der Waals surface area contributed by atoms with Crippen molar-refractivity contribution in [1.29, 1.82) is 5.26 Å². The summed E-state index contributed by atoms with van der Waals surface area (Å²) in [5, 5.41) is 12.5. The molecule has 8 heteroatoms. The second-order valence-corrected chi connectivity index (χ2v) is 10.9. The standard InChI is InChI=1S/C31H32BN3O4/c1-30(2)31(3,4)39-32(38-30)21(16-20-10-9-15-28(34)26(20)17-33)18-35-29(36)37-19-27-24-13-7-5-11-22(24)23-12-6-8-14-25(23)27/h5-16,27H,18-19,34H2,1-4H3,(H,35,36). The lowest BCUT2D eigenvalue weighted by Crippen LogP contribution is -2.41. The van der Waals surface area contributed by atoms with Crippen LogP contribution in [0.4, 0.5) is 10.5 Å². The summed E-state index contributed by atoms with van der Waals surface area (Å²) in [7, 11) is -0.725. The number of rotatable bonds is 6. The molecule has 1 aliphatic heterocycles. The Morgan fingerprint density at radius 2 is 1.59 bits per heavy atom. The molecule has 0 bridgehead atoms. The zero-order valence-electron chi connectivity index (χ0n) is 22.7. The van der Waals surface area contributed by atoms with Crippen LogP contribution in [0.3, 0.4) is 0 Å². The number of nitrogens with zero attached hydrogens (tertiary/aromatic N) is 1. The number of nitrogens with one attached hydrogen (secondary N) is 1. The first kappa shape index (κ1) is 26.5. The third-order valence-electron chi connectivity index (χ3n) is 7.92. The van der Waals surface area contributed by atoms with Crippen molar-refractivity contribution in [2.24, 2.45) is 0 Å². The van der Waals surface area contributed by atoms with Gasteiger partial charge in [0.1, 0.15) is 12.7 Å². The molecule has 1 saturated heterocycles. The summed E-state index contributed by atoms with van der Waals surface area (Å²) >= 11 is 0. The van der Waals surface area contributed by atoms with Crippen LogP contribution in [-0.4, -0.2) is 37.6 Å². The molecule has 0 unspecified atom stereocenters. The lowest BCUT2D eigenvalue weighted by Gasteiger charge is -2.32. The molecule has 198 valence electrons. The van der Waals surface area contributed by atoms with Gasteiger partial charge in [-0.05, 0) is 67.1 Å². The third kappa shape index (κ3) is 5.03. The number of alkyl carbamates (subject to hydrolysis) is 1. The molecule has 3 aromatic rings. The number of hydrogen-bond donors (Lipinski definition) is 2. The van der Waals surface area contributed by atoms with E-state index in [4.69, 9.17) is 19.8 Å². The number of benzene rings is 3. The summed E-state index contributed by atoms with van der Waals surface area (Å²) in [5.74, 6) is -0.0354. The lowest BCUT2D eigenvalue weighted by molar-refractivity contribution is 0.00578. The van der Waals surface area contributed by atoms with Crippen LogP contribution in [0.1, 0.15) is 55.9 Å². The molecule has 0 aromatic heterocycles. The summed E-state index contributed by atoms with van der Waals surface area (Å²) in [6.45, 7) is 8.17. The monoisotopic (exact) mass is 521 g/mol. The second-order valence-electron chi connectivity index (χ2n) is 10.9. The Morgan fingerprint density at radius 1 is 1.00 bits per heavy atom. The van der Waals surface area contributed by atoms with Crippen LogP contribution in [0.15, 0.2) is 72.2 Å². The van der Waals surface area contributed by atoms with Gasteiger partial charge in [0.25, 0.3) is 0 Å². The van der Waals surface area contributed by atoms with Gasteiger partial charge in [-0.1, -0.05) is 66.7 Å². The molecule has 3 N–H and O–H groups in total. The Kier molecular flexibility index (Phi) is 6.98. The smallest absolute Gasteiger partial charge is 0.449 e. The van der Waals surface area contributed by atoms with Gasteiger partial charge < -0.3 is 25.1 Å². The molecule has 7 nitrogen and oxygen atoms in total. The fraction of sp³-hybridized carbons (Fsp3) is 0.290. The molecule has 39 heavy (non-hydrogen) atoms. The Hall–Kier alpha value is -4.06. The average Bonchev–Trinajstić information content (AvgIpc) is 3.34. The summed E-state index contributed by atoms with van der Waals surface area (Å²) in [6, 6.07) is 23.8. The predicted octanol–water partition coefficient (Wildman–Crippen LogP) is 5.69. The molecule has 1 heterocycles. The summed E-state index contributed by atoms with van der Waals surface area (Å²) in [5.41, 5.74) is 11.5. The number of nitriles is 1. The quantitative estimate of drug-likeness (QED) is 0.319. The van der Waals surface area contributed by atoms with Crippen LogP contribution in [0.5, 0.6) is 0 Å². The third-order valence-corrected chi connectivity index (χ3v) is 7.92. The molecule has 5 rings (SSSR count). The highest BCUT2D eigenvalue weighted by Crippen LogP contribution is 2.44. The maximum absolute atomic E-state index is 12.9. The maximum Gasteiger partial charge on any atom is 0.492 e. The summed E-state index contributed by atoms with van der Waals surface area (Å²) < 4.78 is 18.2. The molecule has 1 fully saturated rings. The first-order valence-corrected chi connectivity index (χ1v) is 13.0. The molecular weight excluding hydrogens is 489 g/mol. The molecule has 1 aliphatic carbocycles. The topological polar surface area (TPSA) is 107 Å². The van der Waals surface area contributed by atoms with Gasteiger partial charge in [-0.25, -0.2) is 4.79 Å². The average molecular weight is 521 g/mol. The van der Waals surface area contributed by atoms with E-state index in [1.807, 2.05) is 52.0 Å². The van der Waals surface area contributed by atoms with Crippen LogP contribution in [0, 0.1) is 11.3 Å². The fourth-order valence-electron chi connectivity index (χ4n) is 5.06. The second kappa shape index (κ2) is 10.3. The molecule has 0 radical (unpaired) electrons. The zero-order chi connectivity index (χ0) is 27.8. The molecule has 1 amide bonds. The van der Waals surface area contributed by atoms with Gasteiger partial charge in [-0.15, -0.1) is 0 Å². The van der Waals surface area contributed by atoms with E-state index in [1.165, 1.54) is 11.1 Å².